The maximum Gasteiger partial charge on any atom is 0.348 e. The number of thiophene rings is 1. The van der Waals surface area contributed by atoms with Gasteiger partial charge in [-0.15, -0.1) is 11.3 Å². The zero-order valence-corrected chi connectivity index (χ0v) is 24.5. The number of anilines is 2. The zero-order valence-electron chi connectivity index (χ0n) is 23.7. The molecule has 1 unspecified atom stereocenters. The number of fused-ring (bicyclic) bond motifs is 1. The third kappa shape index (κ3) is 6.73. The molecule has 3 heterocycles. The van der Waals surface area contributed by atoms with Crippen molar-refractivity contribution in [2.24, 2.45) is 0 Å². The van der Waals surface area contributed by atoms with Crippen LogP contribution in [-0.4, -0.2) is 52.7 Å². The number of amides is 1. The van der Waals surface area contributed by atoms with Gasteiger partial charge in [0.05, 0.1) is 11.8 Å². The molecule has 1 fully saturated rings. The van der Waals surface area contributed by atoms with Crippen molar-refractivity contribution in [3.63, 3.8) is 0 Å². The van der Waals surface area contributed by atoms with E-state index in [1.807, 2.05) is 30.3 Å². The second-order valence-corrected chi connectivity index (χ2v) is 11.7. The van der Waals surface area contributed by atoms with Gasteiger partial charge in [-0.25, -0.2) is 9.78 Å². The number of aliphatic hydroxyl groups excluding tert-OH is 1. The van der Waals surface area contributed by atoms with Crippen LogP contribution in [0.3, 0.4) is 0 Å². The topological polar surface area (TPSA) is 141 Å². The van der Waals surface area contributed by atoms with Gasteiger partial charge < -0.3 is 31.5 Å². The second-order valence-electron chi connectivity index (χ2n) is 10.7. The molecule has 0 bridgehead atoms. The highest BCUT2D eigenvalue weighted by Crippen LogP contribution is 2.37. The van der Waals surface area contributed by atoms with Gasteiger partial charge in [0.25, 0.3) is 5.91 Å². The molecule has 10 heteroatoms. The fourth-order valence-corrected chi connectivity index (χ4v) is 6.39. The lowest BCUT2D eigenvalue weighted by atomic mass is 10.0. The first-order chi connectivity index (χ1) is 20.3. The number of carbonyl (C=O) groups is 2. The van der Waals surface area contributed by atoms with Crippen molar-refractivity contribution in [1.29, 1.82) is 0 Å². The van der Waals surface area contributed by atoms with Gasteiger partial charge in [0.1, 0.15) is 15.5 Å². The quantitative estimate of drug-likeness (QED) is 0.169. The fraction of sp³-hybridized carbons (Fsp3) is 0.344. The maximum absolute atomic E-state index is 12.5. The number of aromatic nitrogens is 1. The number of aliphatic hydroxyl groups is 1. The van der Waals surface area contributed by atoms with E-state index in [-0.39, 0.29) is 16.8 Å². The zero-order chi connectivity index (χ0) is 29.6. The van der Waals surface area contributed by atoms with E-state index in [4.69, 9.17) is 10.7 Å². The van der Waals surface area contributed by atoms with Gasteiger partial charge in [0.2, 0.25) is 0 Å². The third-order valence-corrected chi connectivity index (χ3v) is 8.84. The van der Waals surface area contributed by atoms with Crippen LogP contribution < -0.4 is 21.3 Å². The molecule has 0 radical (unpaired) electrons. The van der Waals surface area contributed by atoms with E-state index in [1.165, 1.54) is 0 Å². The molecule has 9 nitrogen and oxygen atoms in total. The monoisotopic (exact) mass is 587 g/mol. The average molecular weight is 588 g/mol. The van der Waals surface area contributed by atoms with Crippen LogP contribution >= 0.6 is 11.3 Å². The van der Waals surface area contributed by atoms with Crippen molar-refractivity contribution < 1.29 is 19.8 Å². The highest BCUT2D eigenvalue weighted by atomic mass is 32.1. The van der Waals surface area contributed by atoms with Gasteiger partial charge in [0, 0.05) is 43.2 Å². The van der Waals surface area contributed by atoms with Crippen LogP contribution in [0.15, 0.2) is 60.7 Å². The summed E-state index contributed by atoms with van der Waals surface area (Å²) >= 11 is 1.14. The predicted molar refractivity (Wildman–Crippen MR) is 167 cm³/mol. The highest BCUT2D eigenvalue weighted by Gasteiger charge is 2.24. The van der Waals surface area contributed by atoms with E-state index in [0.29, 0.717) is 29.2 Å². The minimum Gasteiger partial charge on any atom is -0.477 e. The first kappa shape index (κ1) is 29.5. The Balaban J connectivity index is 1.13. The molecule has 0 saturated carbocycles. The van der Waals surface area contributed by atoms with Crippen LogP contribution in [0.1, 0.15) is 69.0 Å². The number of aryl methyl sites for hydroxylation is 1. The first-order valence-corrected chi connectivity index (χ1v) is 15.2. The van der Waals surface area contributed by atoms with Crippen molar-refractivity contribution in [2.75, 3.05) is 30.3 Å². The van der Waals surface area contributed by atoms with Crippen LogP contribution in [0.4, 0.5) is 11.5 Å². The number of aromatic carboxylic acids is 1. The molecule has 1 amide bonds. The van der Waals surface area contributed by atoms with Gasteiger partial charge in [0.15, 0.2) is 0 Å². The van der Waals surface area contributed by atoms with Crippen LogP contribution in [0.2, 0.25) is 0 Å². The molecule has 1 saturated heterocycles. The van der Waals surface area contributed by atoms with Gasteiger partial charge in [-0.1, -0.05) is 55.8 Å². The van der Waals surface area contributed by atoms with E-state index in [9.17, 15) is 19.8 Å². The van der Waals surface area contributed by atoms with Crippen molar-refractivity contribution in [1.82, 2.24) is 15.6 Å². The Labute approximate surface area is 249 Å². The molecule has 2 aromatic carbocycles. The van der Waals surface area contributed by atoms with E-state index in [1.54, 1.807) is 24.3 Å². The number of nitrogen functional groups attached to an aromatic ring is 1. The number of hydrogen-bond donors (Lipinski definition) is 5. The molecule has 1 aliphatic rings. The number of pyridine rings is 1. The van der Waals surface area contributed by atoms with Crippen LogP contribution in [0.5, 0.6) is 0 Å². The molecular weight excluding hydrogens is 550 g/mol. The van der Waals surface area contributed by atoms with Gasteiger partial charge >= 0.3 is 5.97 Å². The van der Waals surface area contributed by atoms with Crippen LogP contribution in [-0.2, 0) is 13.0 Å². The molecule has 42 heavy (non-hydrogen) atoms. The molecule has 220 valence electrons. The summed E-state index contributed by atoms with van der Waals surface area (Å²) in [6.07, 6.45) is 2.83. The Kier molecular flexibility index (Phi) is 9.36. The number of nitrogens with one attached hydrogen (secondary N) is 2. The number of nitrogens with zero attached hydrogens (tertiary/aromatic N) is 2. The number of piperidine rings is 1. The average Bonchev–Trinajstić information content (AvgIpc) is 3.36. The standard InChI is InChI=1S/C32H37N5O4S/c1-2-6-23-17-26(36-31-27(23)28(33)29(42-31)32(40)41)37-15-13-24(14-16-37)34-19-25(38)21-9-11-22(12-10-21)30(39)35-18-20-7-4-3-5-8-20/h3-5,7-12,17,24-25,34,38H,2,6,13-16,18-19,33H2,1H3,(H,35,39)(H,40,41). The summed E-state index contributed by atoms with van der Waals surface area (Å²) in [6, 6.07) is 19.2. The summed E-state index contributed by atoms with van der Waals surface area (Å²) in [5.74, 6) is -0.311. The smallest absolute Gasteiger partial charge is 0.348 e. The number of nitrogens with two attached hydrogens (primary N) is 1. The molecule has 6 N–H and O–H groups in total. The van der Waals surface area contributed by atoms with Gasteiger partial charge in [-0.2, -0.15) is 0 Å². The molecular formula is C32H37N5O4S. The second kappa shape index (κ2) is 13.3. The summed E-state index contributed by atoms with van der Waals surface area (Å²) < 4.78 is 0. The van der Waals surface area contributed by atoms with Crippen LogP contribution in [0, 0.1) is 0 Å². The molecule has 2 aromatic heterocycles. The number of rotatable bonds is 11. The Morgan fingerprint density at radius 1 is 1.12 bits per heavy atom. The SMILES string of the molecule is CCCc1cc(N2CCC(NCC(O)c3ccc(C(=O)NCc4ccccc4)cc3)CC2)nc2sc(C(=O)O)c(N)c12. The predicted octanol–water partition coefficient (Wildman–Crippen LogP) is 4.75. The summed E-state index contributed by atoms with van der Waals surface area (Å²) in [4.78, 5) is 32.0. The number of carboxylic acid groups (broad SMARTS) is 1. The summed E-state index contributed by atoms with van der Waals surface area (Å²) in [5.41, 5.74) is 9.91. The van der Waals surface area contributed by atoms with Gasteiger partial charge in [-0.05, 0) is 54.2 Å². The molecule has 1 atom stereocenters. The lowest BCUT2D eigenvalue weighted by molar-refractivity contribution is 0.0703. The molecule has 5 rings (SSSR count). The minimum atomic E-state index is -1.02. The molecule has 1 aliphatic heterocycles. The highest BCUT2D eigenvalue weighted by molar-refractivity contribution is 7.21. The Hall–Kier alpha value is -3.99. The van der Waals surface area contributed by atoms with E-state index >= 15 is 0 Å². The fourth-order valence-electron chi connectivity index (χ4n) is 5.42. The van der Waals surface area contributed by atoms with Gasteiger partial charge in [-0.3, -0.25) is 4.79 Å². The van der Waals surface area contributed by atoms with E-state index in [2.05, 4.69) is 28.5 Å². The van der Waals surface area contributed by atoms with Crippen molar-refractivity contribution in [3.05, 3.63) is 87.8 Å². The van der Waals surface area contributed by atoms with Crippen molar-refractivity contribution in [3.8, 4) is 0 Å². The van der Waals surface area contributed by atoms with Crippen molar-refractivity contribution in [2.45, 2.75) is 51.3 Å². The normalized spacial score (nSPS) is 14.7. The number of carbonyl (C=O) groups excluding carboxylic acids is 1. The van der Waals surface area contributed by atoms with E-state index in [0.717, 1.165) is 78.0 Å². The number of benzene rings is 2. The molecule has 0 spiro atoms. The van der Waals surface area contributed by atoms with Crippen LogP contribution in [0.25, 0.3) is 10.2 Å². The minimum absolute atomic E-state index is 0.148. The Morgan fingerprint density at radius 2 is 1.83 bits per heavy atom. The first-order valence-electron chi connectivity index (χ1n) is 14.4. The molecule has 0 aliphatic carbocycles. The van der Waals surface area contributed by atoms with Crippen molar-refractivity contribution >= 4 is 44.9 Å². The van der Waals surface area contributed by atoms with E-state index < -0.39 is 12.1 Å². The summed E-state index contributed by atoms with van der Waals surface area (Å²) in [5, 5.41) is 27.5. The Bertz CT molecular complexity index is 1530. The number of carboxylic acids is 1. The summed E-state index contributed by atoms with van der Waals surface area (Å²) in [7, 11) is 0. The number of hydrogen-bond acceptors (Lipinski definition) is 8. The lowest BCUT2D eigenvalue weighted by Crippen LogP contribution is -2.44. The summed E-state index contributed by atoms with van der Waals surface area (Å²) in [6.45, 7) is 4.58. The maximum atomic E-state index is 12.5. The Morgan fingerprint density at radius 3 is 2.50 bits per heavy atom. The molecule has 4 aromatic rings. The third-order valence-electron chi connectivity index (χ3n) is 7.75. The lowest BCUT2D eigenvalue weighted by Gasteiger charge is -2.34. The largest absolute Gasteiger partial charge is 0.477 e.